The molecule has 9 heteroatoms. The van der Waals surface area contributed by atoms with Gasteiger partial charge in [0.2, 0.25) is 0 Å². The van der Waals surface area contributed by atoms with Gasteiger partial charge in [-0.25, -0.2) is 5.43 Å². The highest BCUT2D eigenvalue weighted by molar-refractivity contribution is 6.35. The fourth-order valence-corrected chi connectivity index (χ4v) is 1.29. The summed E-state index contributed by atoms with van der Waals surface area (Å²) in [4.78, 5) is 32.3. The minimum atomic E-state index is -0.949. The zero-order chi connectivity index (χ0) is 15.8. The molecule has 1 rings (SSSR count). The first-order valence-corrected chi connectivity index (χ1v) is 6.02. The third kappa shape index (κ3) is 4.90. The van der Waals surface area contributed by atoms with E-state index in [0.717, 1.165) is 18.3 Å². The Bertz CT molecular complexity index is 585. The molecular formula is C12H13N4O5-. The standard InChI is InChI=1S/C12H14N4O5/c1-2-5-13-11(18)12(19)15-14-7-8-3-4-10(17)9(6-8)16(20)21/h3-4,6-7,17H,2,5H2,1H3,(H,13,18)(H,15,19)/p-1/b14-7-. The number of hydrogen-bond acceptors (Lipinski definition) is 6. The van der Waals surface area contributed by atoms with Gasteiger partial charge in [-0.05, 0) is 12.2 Å². The van der Waals surface area contributed by atoms with Crippen molar-refractivity contribution in [3.05, 3.63) is 33.9 Å². The van der Waals surface area contributed by atoms with Crippen LogP contribution in [0.25, 0.3) is 0 Å². The quantitative estimate of drug-likeness (QED) is 0.330. The summed E-state index contributed by atoms with van der Waals surface area (Å²) < 4.78 is 0. The predicted molar refractivity (Wildman–Crippen MR) is 71.6 cm³/mol. The molecule has 0 aliphatic heterocycles. The van der Waals surface area contributed by atoms with Crippen LogP contribution in [-0.2, 0) is 9.59 Å². The van der Waals surface area contributed by atoms with E-state index >= 15 is 0 Å². The first-order valence-electron chi connectivity index (χ1n) is 6.02. The molecule has 0 aliphatic carbocycles. The SMILES string of the molecule is CCCNC(=O)C(=O)N/N=C\c1ccc([O-])c([N+](=O)[O-])c1. The van der Waals surface area contributed by atoms with Crippen molar-refractivity contribution in [2.75, 3.05) is 6.54 Å². The van der Waals surface area contributed by atoms with E-state index in [4.69, 9.17) is 0 Å². The van der Waals surface area contributed by atoms with Crippen LogP contribution in [0, 0.1) is 10.1 Å². The van der Waals surface area contributed by atoms with E-state index in [1.165, 1.54) is 6.07 Å². The van der Waals surface area contributed by atoms with E-state index in [1.54, 1.807) is 0 Å². The second kappa shape index (κ2) is 7.58. The van der Waals surface area contributed by atoms with Crippen molar-refractivity contribution < 1.29 is 19.6 Å². The molecule has 0 heterocycles. The number of nitrogens with zero attached hydrogens (tertiary/aromatic N) is 2. The molecule has 0 fully saturated rings. The predicted octanol–water partition coefficient (Wildman–Crippen LogP) is -0.355. The summed E-state index contributed by atoms with van der Waals surface area (Å²) in [6, 6.07) is 3.35. The van der Waals surface area contributed by atoms with Crippen LogP contribution < -0.4 is 15.8 Å². The molecule has 1 aromatic rings. The molecule has 0 atom stereocenters. The Morgan fingerprint density at radius 3 is 2.71 bits per heavy atom. The second-order valence-corrected chi connectivity index (χ2v) is 3.94. The van der Waals surface area contributed by atoms with Crippen LogP contribution in [0.5, 0.6) is 5.75 Å². The van der Waals surface area contributed by atoms with Crippen molar-refractivity contribution in [1.29, 1.82) is 0 Å². The molecule has 2 amide bonds. The second-order valence-electron chi connectivity index (χ2n) is 3.94. The van der Waals surface area contributed by atoms with Gasteiger partial charge in [0.05, 0.1) is 11.1 Å². The number of nitro groups is 1. The number of benzene rings is 1. The van der Waals surface area contributed by atoms with Gasteiger partial charge in [-0.15, -0.1) is 0 Å². The maximum atomic E-state index is 11.3. The van der Waals surface area contributed by atoms with E-state index in [9.17, 15) is 24.8 Å². The minimum absolute atomic E-state index is 0.246. The number of carbonyl (C=O) groups excluding carboxylic acids is 2. The van der Waals surface area contributed by atoms with Gasteiger partial charge in [-0.1, -0.05) is 19.1 Å². The van der Waals surface area contributed by atoms with Gasteiger partial charge < -0.3 is 10.4 Å². The Balaban J connectivity index is 2.65. The van der Waals surface area contributed by atoms with Crippen LogP contribution in [0.2, 0.25) is 0 Å². The third-order valence-electron chi connectivity index (χ3n) is 2.30. The molecule has 0 aromatic heterocycles. The molecular weight excluding hydrogens is 280 g/mol. The fourth-order valence-electron chi connectivity index (χ4n) is 1.29. The van der Waals surface area contributed by atoms with Crippen LogP contribution >= 0.6 is 0 Å². The highest BCUT2D eigenvalue weighted by Gasteiger charge is 2.11. The summed E-state index contributed by atoms with van der Waals surface area (Å²) >= 11 is 0. The number of rotatable bonds is 5. The number of carbonyl (C=O) groups is 2. The minimum Gasteiger partial charge on any atom is -0.868 e. The molecule has 112 valence electrons. The van der Waals surface area contributed by atoms with Gasteiger partial charge >= 0.3 is 11.8 Å². The maximum absolute atomic E-state index is 11.3. The molecule has 0 spiro atoms. The number of nitro benzene ring substituents is 1. The Hall–Kier alpha value is -2.97. The van der Waals surface area contributed by atoms with Gasteiger partial charge in [0.1, 0.15) is 0 Å². The molecule has 2 N–H and O–H groups in total. The number of hydrazone groups is 1. The molecule has 0 bridgehead atoms. The molecule has 0 radical (unpaired) electrons. The zero-order valence-corrected chi connectivity index (χ0v) is 11.2. The lowest BCUT2D eigenvalue weighted by atomic mass is 10.2. The molecule has 21 heavy (non-hydrogen) atoms. The topological polar surface area (TPSA) is 137 Å². The van der Waals surface area contributed by atoms with Crippen molar-refractivity contribution in [1.82, 2.24) is 10.7 Å². The van der Waals surface area contributed by atoms with E-state index < -0.39 is 28.2 Å². The summed E-state index contributed by atoms with van der Waals surface area (Å²) in [5, 5.41) is 27.6. The molecule has 9 nitrogen and oxygen atoms in total. The van der Waals surface area contributed by atoms with E-state index in [-0.39, 0.29) is 5.56 Å². The fraction of sp³-hybridized carbons (Fsp3) is 0.250. The Morgan fingerprint density at radius 1 is 1.38 bits per heavy atom. The van der Waals surface area contributed by atoms with Gasteiger partial charge in [0, 0.05) is 18.2 Å². The lowest BCUT2D eigenvalue weighted by Crippen LogP contribution is -2.38. The zero-order valence-electron chi connectivity index (χ0n) is 11.2. The molecule has 0 unspecified atom stereocenters. The van der Waals surface area contributed by atoms with Gasteiger partial charge in [-0.2, -0.15) is 5.10 Å². The summed E-state index contributed by atoms with van der Waals surface area (Å²) in [5.74, 6) is -2.50. The van der Waals surface area contributed by atoms with E-state index in [0.29, 0.717) is 13.0 Å². The van der Waals surface area contributed by atoms with Crippen LogP contribution in [-0.4, -0.2) is 29.5 Å². The number of hydrogen-bond donors (Lipinski definition) is 2. The van der Waals surface area contributed by atoms with Crippen molar-refractivity contribution in [3.63, 3.8) is 0 Å². The third-order valence-corrected chi connectivity index (χ3v) is 2.30. The Kier molecular flexibility index (Phi) is 5.80. The molecule has 0 aliphatic rings. The van der Waals surface area contributed by atoms with Crippen LogP contribution in [0.1, 0.15) is 18.9 Å². The monoisotopic (exact) mass is 293 g/mol. The van der Waals surface area contributed by atoms with Gasteiger partial charge in [0.15, 0.2) is 0 Å². The number of nitrogens with one attached hydrogen (secondary N) is 2. The maximum Gasteiger partial charge on any atom is 0.329 e. The van der Waals surface area contributed by atoms with Crippen molar-refractivity contribution in [2.45, 2.75) is 13.3 Å². The van der Waals surface area contributed by atoms with Crippen molar-refractivity contribution in [3.8, 4) is 5.75 Å². The van der Waals surface area contributed by atoms with Crippen molar-refractivity contribution >= 4 is 23.7 Å². The first kappa shape index (κ1) is 16.1. The molecule has 1 aromatic carbocycles. The highest BCUT2D eigenvalue weighted by atomic mass is 16.6. The largest absolute Gasteiger partial charge is 0.868 e. The summed E-state index contributed by atoms with van der Waals surface area (Å²) in [7, 11) is 0. The average Bonchev–Trinajstić information content (AvgIpc) is 2.45. The van der Waals surface area contributed by atoms with Gasteiger partial charge in [0.25, 0.3) is 5.69 Å². The Morgan fingerprint density at radius 2 is 2.10 bits per heavy atom. The summed E-state index contributed by atoms with van der Waals surface area (Å²) in [6.07, 6.45) is 1.78. The van der Waals surface area contributed by atoms with Crippen LogP contribution in [0.3, 0.4) is 0 Å². The van der Waals surface area contributed by atoms with Gasteiger partial charge in [-0.3, -0.25) is 19.7 Å². The summed E-state index contributed by atoms with van der Waals surface area (Å²) in [6.45, 7) is 2.20. The lowest BCUT2D eigenvalue weighted by molar-refractivity contribution is -0.398. The smallest absolute Gasteiger partial charge is 0.329 e. The molecule has 0 saturated carbocycles. The Labute approximate surface area is 119 Å². The highest BCUT2D eigenvalue weighted by Crippen LogP contribution is 2.22. The van der Waals surface area contributed by atoms with Crippen molar-refractivity contribution in [2.24, 2.45) is 5.10 Å². The van der Waals surface area contributed by atoms with Crippen LogP contribution in [0.15, 0.2) is 23.3 Å². The molecule has 0 saturated heterocycles. The van der Waals surface area contributed by atoms with Crippen LogP contribution in [0.4, 0.5) is 5.69 Å². The first-order chi connectivity index (χ1) is 9.95. The van der Waals surface area contributed by atoms with E-state index in [2.05, 4.69) is 10.4 Å². The summed E-state index contributed by atoms with van der Waals surface area (Å²) in [5.41, 5.74) is 1.63. The lowest BCUT2D eigenvalue weighted by Gasteiger charge is -2.06. The van der Waals surface area contributed by atoms with E-state index in [1.807, 2.05) is 12.3 Å². The normalized spacial score (nSPS) is 10.3. The average molecular weight is 293 g/mol. The number of amides is 2.